The molecule has 2 N–H and O–H groups in total. The molecular formula is C23H33ClN6O7S2. The van der Waals surface area contributed by atoms with Crippen molar-refractivity contribution in [3.8, 4) is 0 Å². The van der Waals surface area contributed by atoms with Gasteiger partial charge in [-0.15, -0.1) is 35.5 Å². The van der Waals surface area contributed by atoms with Crippen LogP contribution < -0.4 is 10.6 Å². The number of halogens is 1. The highest BCUT2D eigenvalue weighted by Gasteiger charge is 2.54. The number of carbonyl (C=O) groups is 4. The summed E-state index contributed by atoms with van der Waals surface area (Å²) < 4.78 is 10.8. The Kier molecular flexibility index (Phi) is 12.6. The van der Waals surface area contributed by atoms with Crippen molar-refractivity contribution >= 4 is 70.0 Å². The van der Waals surface area contributed by atoms with E-state index in [1.807, 2.05) is 13.8 Å². The maximum atomic E-state index is 13.2. The smallest absolute Gasteiger partial charge is 0.355 e. The van der Waals surface area contributed by atoms with Crippen LogP contribution in [-0.2, 0) is 33.5 Å². The Balaban J connectivity index is 0.00000533. The van der Waals surface area contributed by atoms with Gasteiger partial charge in [0.15, 0.2) is 10.8 Å². The minimum Gasteiger partial charge on any atom is -0.460 e. The maximum absolute atomic E-state index is 13.2. The lowest BCUT2D eigenvalue weighted by Gasteiger charge is -2.49. The molecule has 0 saturated carbocycles. The highest BCUT2D eigenvalue weighted by molar-refractivity contribution is 8.00. The zero-order valence-electron chi connectivity index (χ0n) is 22.3. The fourth-order valence-electron chi connectivity index (χ4n) is 3.93. The molecule has 1 aromatic heterocycles. The Morgan fingerprint density at radius 3 is 2.59 bits per heavy atom. The minimum absolute atomic E-state index is 0. The number of rotatable bonds is 13. The van der Waals surface area contributed by atoms with Crippen LogP contribution in [0.2, 0.25) is 0 Å². The number of nitrogens with zero attached hydrogens (tertiary/aromatic N) is 4. The topological polar surface area (TPSA) is 152 Å². The number of thiazole rings is 1. The van der Waals surface area contributed by atoms with Crippen molar-refractivity contribution in [3.05, 3.63) is 22.3 Å². The number of amides is 3. The summed E-state index contributed by atoms with van der Waals surface area (Å²) in [5.41, 5.74) is 0.835. The number of methoxy groups -OCH3 is 1. The number of aromatic nitrogens is 1. The molecule has 2 unspecified atom stereocenters. The number of β-lactam (4-membered cyclic amide) rings is 1. The van der Waals surface area contributed by atoms with Gasteiger partial charge in [-0.25, -0.2) is 9.78 Å². The van der Waals surface area contributed by atoms with Gasteiger partial charge in [0.1, 0.15) is 36.5 Å². The predicted octanol–water partition coefficient (Wildman–Crippen LogP) is 1.06. The first kappa shape index (κ1) is 32.5. The predicted molar refractivity (Wildman–Crippen MR) is 150 cm³/mol. The van der Waals surface area contributed by atoms with Crippen LogP contribution >= 0.6 is 35.5 Å². The quantitative estimate of drug-likeness (QED) is 0.145. The fraction of sp³-hybridized carbons (Fsp3) is 0.565. The molecule has 216 valence electrons. The molecule has 16 heteroatoms. The molecule has 2 aliphatic rings. The third-order valence-electron chi connectivity index (χ3n) is 5.81. The molecule has 3 amide bonds. The molecule has 0 spiro atoms. The molecule has 2 atom stereocenters. The summed E-state index contributed by atoms with van der Waals surface area (Å²) in [4.78, 5) is 63.1. The van der Waals surface area contributed by atoms with Gasteiger partial charge < -0.3 is 29.8 Å². The minimum atomic E-state index is -0.898. The Bertz CT molecular complexity index is 1120. The monoisotopic (exact) mass is 604 g/mol. The van der Waals surface area contributed by atoms with E-state index < -0.39 is 29.2 Å². The first-order chi connectivity index (χ1) is 18.2. The summed E-state index contributed by atoms with van der Waals surface area (Å²) in [5.74, 6) is -1.60. The molecule has 1 fully saturated rings. The number of likely N-dealkylation sites (N-methyl/N-ethyl adjacent to an activating group) is 1. The summed E-state index contributed by atoms with van der Waals surface area (Å²) in [5, 5.41) is 10.3. The summed E-state index contributed by atoms with van der Waals surface area (Å²) in [6.07, 6.45) is 0. The first-order valence-corrected chi connectivity index (χ1v) is 13.9. The van der Waals surface area contributed by atoms with Crippen molar-refractivity contribution in [2.24, 2.45) is 5.16 Å². The van der Waals surface area contributed by atoms with Gasteiger partial charge in [-0.3, -0.25) is 19.3 Å². The number of hydrogen-bond donors (Lipinski definition) is 2. The molecule has 39 heavy (non-hydrogen) atoms. The van der Waals surface area contributed by atoms with Crippen molar-refractivity contribution in [2.75, 3.05) is 58.1 Å². The van der Waals surface area contributed by atoms with Gasteiger partial charge >= 0.3 is 5.97 Å². The zero-order chi connectivity index (χ0) is 27.8. The van der Waals surface area contributed by atoms with Crippen molar-refractivity contribution in [2.45, 2.75) is 32.2 Å². The largest absolute Gasteiger partial charge is 0.460 e. The average molecular weight is 605 g/mol. The van der Waals surface area contributed by atoms with Gasteiger partial charge in [0, 0.05) is 31.7 Å². The zero-order valence-corrected chi connectivity index (χ0v) is 24.8. The summed E-state index contributed by atoms with van der Waals surface area (Å²) in [6, 6.07) is -0.898. The van der Waals surface area contributed by atoms with Crippen LogP contribution in [0.3, 0.4) is 0 Å². The maximum Gasteiger partial charge on any atom is 0.355 e. The second-order valence-electron chi connectivity index (χ2n) is 8.25. The molecule has 1 saturated heterocycles. The van der Waals surface area contributed by atoms with E-state index in [9.17, 15) is 19.2 Å². The molecule has 0 bridgehead atoms. The molecule has 0 aliphatic carbocycles. The molecule has 2 aliphatic heterocycles. The van der Waals surface area contributed by atoms with Crippen molar-refractivity contribution < 1.29 is 33.5 Å². The van der Waals surface area contributed by atoms with Crippen LogP contribution in [0, 0.1) is 0 Å². The van der Waals surface area contributed by atoms with Gasteiger partial charge in [0.05, 0.1) is 6.61 Å². The van der Waals surface area contributed by atoms with Crippen LogP contribution in [0.25, 0.3) is 0 Å². The number of anilines is 1. The van der Waals surface area contributed by atoms with Gasteiger partial charge in [-0.2, -0.15) is 0 Å². The number of nitrogens with one attached hydrogen (secondary N) is 2. The molecule has 1 aromatic rings. The van der Waals surface area contributed by atoms with Crippen LogP contribution in [-0.4, -0.2) is 108 Å². The van der Waals surface area contributed by atoms with E-state index in [0.29, 0.717) is 17.9 Å². The summed E-state index contributed by atoms with van der Waals surface area (Å²) in [7, 11) is 2.79. The number of fused-ring (bicyclic) bond motifs is 1. The van der Waals surface area contributed by atoms with E-state index in [1.54, 1.807) is 5.38 Å². The van der Waals surface area contributed by atoms with Crippen LogP contribution in [0.5, 0.6) is 0 Å². The lowest BCUT2D eigenvalue weighted by molar-refractivity contribution is -0.152. The van der Waals surface area contributed by atoms with Crippen molar-refractivity contribution in [1.82, 2.24) is 20.1 Å². The lowest BCUT2D eigenvalue weighted by Crippen LogP contribution is -2.71. The fourth-order valence-corrected chi connectivity index (χ4v) is 6.00. The number of thioether (sulfide) groups is 1. The first-order valence-electron chi connectivity index (χ1n) is 12.0. The third kappa shape index (κ3) is 7.69. The highest BCUT2D eigenvalue weighted by Crippen LogP contribution is 2.40. The summed E-state index contributed by atoms with van der Waals surface area (Å²) >= 11 is 2.52. The average Bonchev–Trinajstić information content (AvgIpc) is 3.35. The number of oxime groups is 1. The van der Waals surface area contributed by atoms with E-state index in [4.69, 9.17) is 14.3 Å². The van der Waals surface area contributed by atoms with Crippen LogP contribution in [0.4, 0.5) is 5.13 Å². The van der Waals surface area contributed by atoms with Gasteiger partial charge in [0.25, 0.3) is 11.8 Å². The Labute approximate surface area is 241 Å². The van der Waals surface area contributed by atoms with Crippen LogP contribution in [0.15, 0.2) is 21.8 Å². The Hall–Kier alpha value is -2.72. The Morgan fingerprint density at radius 2 is 1.97 bits per heavy atom. The molecule has 3 heterocycles. The second kappa shape index (κ2) is 15.2. The number of ether oxygens (including phenoxy) is 2. The SMILES string of the molecule is CCN(CC)CCOC(=O)C1=C(COC)CSC2C(NC(=O)/C(=N\OC)c3csc(NC(C)=O)n3)C(=O)N12.Cl. The van der Waals surface area contributed by atoms with Crippen LogP contribution in [0.1, 0.15) is 26.5 Å². The third-order valence-corrected chi connectivity index (χ3v) is 7.91. The van der Waals surface area contributed by atoms with Gasteiger partial charge in [0.2, 0.25) is 5.91 Å². The Morgan fingerprint density at radius 1 is 1.26 bits per heavy atom. The molecular weight excluding hydrogens is 572 g/mol. The van der Waals surface area contributed by atoms with E-state index in [1.165, 1.54) is 37.8 Å². The molecule has 0 aromatic carbocycles. The normalized spacial score (nSPS) is 18.7. The summed E-state index contributed by atoms with van der Waals surface area (Å²) in [6.45, 7) is 8.01. The van der Waals surface area contributed by atoms with E-state index in [0.717, 1.165) is 24.4 Å². The number of hydrogen-bond acceptors (Lipinski definition) is 12. The van der Waals surface area contributed by atoms with Gasteiger partial charge in [-0.1, -0.05) is 19.0 Å². The second-order valence-corrected chi connectivity index (χ2v) is 10.2. The van der Waals surface area contributed by atoms with E-state index in [2.05, 4.69) is 25.7 Å². The number of esters is 1. The van der Waals surface area contributed by atoms with Crippen molar-refractivity contribution in [1.29, 1.82) is 0 Å². The number of carbonyl (C=O) groups excluding carboxylic acids is 4. The van der Waals surface area contributed by atoms with E-state index >= 15 is 0 Å². The molecule has 13 nitrogen and oxygen atoms in total. The van der Waals surface area contributed by atoms with Crippen molar-refractivity contribution in [3.63, 3.8) is 0 Å². The lowest BCUT2D eigenvalue weighted by atomic mass is 10.0. The highest BCUT2D eigenvalue weighted by atomic mass is 35.5. The standard InChI is InChI=1S/C23H32N6O7S2.ClH/c1-6-28(7-2)8-9-36-22(33)18-14(10-34-4)11-37-21-17(20(32)29(18)21)26-19(31)16(27-35-5)15-12-38-23(25-15)24-13(3)30;/h12,17,21H,6-11H2,1-5H3,(H,26,31)(H,24,25,30);1H/b27-16-;. The van der Waals surface area contributed by atoms with Gasteiger partial charge in [-0.05, 0) is 18.7 Å². The molecule has 0 radical (unpaired) electrons. The van der Waals surface area contributed by atoms with E-state index in [-0.39, 0.29) is 53.8 Å². The molecule has 3 rings (SSSR count).